The van der Waals surface area contributed by atoms with E-state index in [1.807, 2.05) is 0 Å². The second-order valence-corrected chi connectivity index (χ2v) is 3.20. The van der Waals surface area contributed by atoms with Crippen molar-refractivity contribution in [3.63, 3.8) is 0 Å². The molecule has 14 heavy (non-hydrogen) atoms. The van der Waals surface area contributed by atoms with Crippen molar-refractivity contribution < 1.29 is 14.7 Å². The Morgan fingerprint density at radius 2 is 1.93 bits per heavy atom. The molecule has 0 spiro atoms. The van der Waals surface area contributed by atoms with Crippen LogP contribution in [0.3, 0.4) is 0 Å². The minimum atomic E-state index is -0.826. The molecule has 0 fully saturated rings. The summed E-state index contributed by atoms with van der Waals surface area (Å²) in [6, 6.07) is 0. The van der Waals surface area contributed by atoms with Crippen LogP contribution in [0.4, 0.5) is 0 Å². The first-order valence-corrected chi connectivity index (χ1v) is 4.73. The molecule has 0 radical (unpaired) electrons. The molecule has 0 aliphatic rings. The van der Waals surface area contributed by atoms with Gasteiger partial charge in [0.1, 0.15) is 0 Å². The van der Waals surface area contributed by atoms with Crippen molar-refractivity contribution in [1.82, 2.24) is 4.90 Å². The molecule has 3 N–H and O–H groups in total. The maximum atomic E-state index is 11.3. The number of carbonyl (C=O) groups is 2. The van der Waals surface area contributed by atoms with Gasteiger partial charge in [0.2, 0.25) is 5.91 Å². The minimum absolute atomic E-state index is 0.0286. The van der Waals surface area contributed by atoms with E-state index < -0.39 is 5.97 Å². The number of hydrogen-bond acceptors (Lipinski definition) is 3. The predicted octanol–water partition coefficient (Wildman–Crippen LogP) is 0.0485. The lowest BCUT2D eigenvalue weighted by molar-refractivity contribution is -0.138. The van der Waals surface area contributed by atoms with Gasteiger partial charge in [-0.05, 0) is 19.4 Å². The van der Waals surface area contributed by atoms with Gasteiger partial charge in [-0.3, -0.25) is 9.59 Å². The molecule has 0 heterocycles. The molecule has 0 aromatic rings. The highest BCUT2D eigenvalue weighted by Crippen LogP contribution is 1.97. The van der Waals surface area contributed by atoms with E-state index in [1.165, 1.54) is 0 Å². The molecular formula is C9H18N2O3. The van der Waals surface area contributed by atoms with Gasteiger partial charge in [-0.2, -0.15) is 0 Å². The lowest BCUT2D eigenvalue weighted by atomic mass is 10.2. The van der Waals surface area contributed by atoms with Crippen molar-refractivity contribution in [2.24, 2.45) is 5.73 Å². The van der Waals surface area contributed by atoms with Crippen LogP contribution in [-0.4, -0.2) is 42.0 Å². The van der Waals surface area contributed by atoms with E-state index in [-0.39, 0.29) is 12.3 Å². The van der Waals surface area contributed by atoms with Crippen LogP contribution >= 0.6 is 0 Å². The van der Waals surface area contributed by atoms with E-state index in [9.17, 15) is 9.59 Å². The SMILES string of the molecule is CN(CCCC(=O)O)C(=O)CCCN. The number of aliphatic carboxylic acids is 1. The minimum Gasteiger partial charge on any atom is -0.481 e. The van der Waals surface area contributed by atoms with Gasteiger partial charge in [0.15, 0.2) is 0 Å². The predicted molar refractivity (Wildman–Crippen MR) is 52.8 cm³/mol. The summed E-state index contributed by atoms with van der Waals surface area (Å²) in [6.07, 6.45) is 1.73. The number of hydrogen-bond donors (Lipinski definition) is 2. The summed E-state index contributed by atoms with van der Waals surface area (Å²) >= 11 is 0. The number of carboxylic acids is 1. The second-order valence-electron chi connectivity index (χ2n) is 3.20. The first-order valence-electron chi connectivity index (χ1n) is 4.73. The molecule has 0 aliphatic heterocycles. The zero-order valence-corrected chi connectivity index (χ0v) is 8.53. The number of nitrogens with two attached hydrogens (primary N) is 1. The molecule has 0 unspecified atom stereocenters. The Bertz CT molecular complexity index is 194. The number of carbonyl (C=O) groups excluding carboxylic acids is 1. The molecule has 0 rings (SSSR count). The molecule has 0 aliphatic carbocycles. The number of nitrogens with zero attached hydrogens (tertiary/aromatic N) is 1. The third-order valence-corrected chi connectivity index (χ3v) is 1.90. The van der Waals surface area contributed by atoms with Gasteiger partial charge < -0.3 is 15.7 Å². The Balaban J connectivity index is 3.56. The summed E-state index contributed by atoms with van der Waals surface area (Å²) in [6.45, 7) is 1.00. The zero-order chi connectivity index (χ0) is 11.0. The topological polar surface area (TPSA) is 83.6 Å². The summed E-state index contributed by atoms with van der Waals surface area (Å²) in [5, 5.41) is 8.39. The van der Waals surface area contributed by atoms with Crippen molar-refractivity contribution in [2.45, 2.75) is 25.7 Å². The third kappa shape index (κ3) is 6.42. The fourth-order valence-electron chi connectivity index (χ4n) is 1.04. The van der Waals surface area contributed by atoms with E-state index >= 15 is 0 Å². The molecule has 0 bridgehead atoms. The highest BCUT2D eigenvalue weighted by Gasteiger charge is 2.07. The van der Waals surface area contributed by atoms with Gasteiger partial charge in [0.25, 0.3) is 0 Å². The Morgan fingerprint density at radius 1 is 1.29 bits per heavy atom. The summed E-state index contributed by atoms with van der Waals surface area (Å²) in [5.41, 5.74) is 5.27. The maximum absolute atomic E-state index is 11.3. The maximum Gasteiger partial charge on any atom is 0.303 e. The van der Waals surface area contributed by atoms with Crippen molar-refractivity contribution in [2.75, 3.05) is 20.1 Å². The molecule has 0 saturated heterocycles. The van der Waals surface area contributed by atoms with Gasteiger partial charge in [0, 0.05) is 26.4 Å². The highest BCUT2D eigenvalue weighted by atomic mass is 16.4. The second kappa shape index (κ2) is 7.32. The van der Waals surface area contributed by atoms with Crippen LogP contribution in [0.25, 0.3) is 0 Å². The largest absolute Gasteiger partial charge is 0.481 e. The molecular weight excluding hydrogens is 184 g/mol. The summed E-state index contributed by atoms with van der Waals surface area (Å²) in [7, 11) is 1.68. The van der Waals surface area contributed by atoms with Crippen LogP contribution in [-0.2, 0) is 9.59 Å². The van der Waals surface area contributed by atoms with E-state index in [4.69, 9.17) is 10.8 Å². The molecule has 82 valence electrons. The number of rotatable bonds is 7. The molecule has 5 heteroatoms. The molecule has 0 aromatic carbocycles. The summed E-state index contributed by atoms with van der Waals surface area (Å²) < 4.78 is 0. The van der Waals surface area contributed by atoms with Crippen LogP contribution in [0.15, 0.2) is 0 Å². The molecule has 0 atom stereocenters. The smallest absolute Gasteiger partial charge is 0.303 e. The van der Waals surface area contributed by atoms with Crippen LogP contribution in [0.5, 0.6) is 0 Å². The van der Waals surface area contributed by atoms with E-state index in [0.29, 0.717) is 32.4 Å². The number of amides is 1. The normalized spacial score (nSPS) is 9.86. The lowest BCUT2D eigenvalue weighted by Crippen LogP contribution is -2.28. The van der Waals surface area contributed by atoms with Crippen LogP contribution in [0, 0.1) is 0 Å². The van der Waals surface area contributed by atoms with E-state index in [0.717, 1.165) is 0 Å². The summed E-state index contributed by atoms with van der Waals surface area (Å²) in [5.74, 6) is -0.798. The molecule has 0 aromatic heterocycles. The Morgan fingerprint density at radius 3 is 2.43 bits per heavy atom. The fraction of sp³-hybridized carbons (Fsp3) is 0.778. The van der Waals surface area contributed by atoms with Gasteiger partial charge in [-0.1, -0.05) is 0 Å². The average molecular weight is 202 g/mol. The van der Waals surface area contributed by atoms with Crippen LogP contribution < -0.4 is 5.73 Å². The average Bonchev–Trinajstić information content (AvgIpc) is 2.13. The third-order valence-electron chi connectivity index (χ3n) is 1.90. The van der Waals surface area contributed by atoms with Gasteiger partial charge in [-0.25, -0.2) is 0 Å². The Kier molecular flexibility index (Phi) is 6.74. The first-order chi connectivity index (χ1) is 6.57. The fourth-order valence-corrected chi connectivity index (χ4v) is 1.04. The Labute approximate surface area is 83.9 Å². The van der Waals surface area contributed by atoms with Crippen molar-refractivity contribution in [3.8, 4) is 0 Å². The van der Waals surface area contributed by atoms with Crippen molar-refractivity contribution >= 4 is 11.9 Å². The monoisotopic (exact) mass is 202 g/mol. The van der Waals surface area contributed by atoms with Crippen LogP contribution in [0.2, 0.25) is 0 Å². The van der Waals surface area contributed by atoms with Crippen molar-refractivity contribution in [1.29, 1.82) is 0 Å². The number of carboxylic acid groups (broad SMARTS) is 1. The first kappa shape index (κ1) is 12.9. The Hall–Kier alpha value is -1.10. The quantitative estimate of drug-likeness (QED) is 0.611. The lowest BCUT2D eigenvalue weighted by Gasteiger charge is -2.16. The molecule has 1 amide bonds. The van der Waals surface area contributed by atoms with E-state index in [2.05, 4.69) is 0 Å². The van der Waals surface area contributed by atoms with Crippen molar-refractivity contribution in [3.05, 3.63) is 0 Å². The standard InChI is InChI=1S/C9H18N2O3/c1-11(7-3-5-9(13)14)8(12)4-2-6-10/h2-7,10H2,1H3,(H,13,14). The van der Waals surface area contributed by atoms with Gasteiger partial charge >= 0.3 is 5.97 Å². The van der Waals surface area contributed by atoms with Gasteiger partial charge in [0.05, 0.1) is 0 Å². The molecule has 0 saturated carbocycles. The van der Waals surface area contributed by atoms with Crippen LogP contribution in [0.1, 0.15) is 25.7 Å². The highest BCUT2D eigenvalue weighted by molar-refractivity contribution is 5.75. The van der Waals surface area contributed by atoms with Gasteiger partial charge in [-0.15, -0.1) is 0 Å². The van der Waals surface area contributed by atoms with E-state index in [1.54, 1.807) is 11.9 Å². The molecule has 5 nitrogen and oxygen atoms in total. The zero-order valence-electron chi connectivity index (χ0n) is 8.53. The summed E-state index contributed by atoms with van der Waals surface area (Å²) in [4.78, 5) is 23.1.